The highest BCUT2D eigenvalue weighted by molar-refractivity contribution is 7.90. The first-order valence-electron chi connectivity index (χ1n) is 10.8. The molecule has 0 bridgehead atoms. The number of carbonyl (C=O) groups is 2. The van der Waals surface area contributed by atoms with E-state index in [2.05, 4.69) is 20.3 Å². The van der Waals surface area contributed by atoms with Crippen LogP contribution in [0.1, 0.15) is 25.0 Å². The molecule has 0 spiro atoms. The third kappa shape index (κ3) is 5.00. The van der Waals surface area contributed by atoms with Crippen LogP contribution in [0, 0.1) is 5.92 Å². The number of fused-ring (bicyclic) bond motifs is 1. The summed E-state index contributed by atoms with van der Waals surface area (Å²) >= 11 is 0. The molecule has 1 atom stereocenters. The number of amides is 2. The maximum Gasteiger partial charge on any atom is 0.263 e. The first-order valence-corrected chi connectivity index (χ1v) is 12.3. The second kappa shape index (κ2) is 9.22. The molecule has 2 aromatic rings. The summed E-state index contributed by atoms with van der Waals surface area (Å²) in [6, 6.07) is 13.5. The largest absolute Gasteiger partial charge is 0.360 e. The number of amidine groups is 1. The molecule has 0 saturated carbocycles. The van der Waals surface area contributed by atoms with E-state index < -0.39 is 16.1 Å². The number of aliphatic imine (C=N–C) groups is 1. The van der Waals surface area contributed by atoms with Gasteiger partial charge in [0.25, 0.3) is 10.0 Å². The average Bonchev–Trinajstić information content (AvgIpc) is 3.06. The van der Waals surface area contributed by atoms with Crippen molar-refractivity contribution in [2.45, 2.75) is 31.3 Å². The quantitative estimate of drug-likeness (QED) is 0.583. The molecule has 33 heavy (non-hydrogen) atoms. The minimum Gasteiger partial charge on any atom is -0.360 e. The van der Waals surface area contributed by atoms with Crippen molar-refractivity contribution in [3.05, 3.63) is 59.7 Å². The standard InChI is InChI=1S/C23H27N5O4S/c1-15(2)21(26-22-18-5-3-4-6-19(18)33(31,32)27-22)23(30)25-13-16-7-9-17(10-8-16)28-12-11-24-20(29)14-28/h3-10,15,21H,11-14H2,1-2H3,(H,24,29)(H,25,30)(H,26,27)/t21-/m0/s1. The Morgan fingerprint density at radius 3 is 2.58 bits per heavy atom. The van der Waals surface area contributed by atoms with Gasteiger partial charge in [0, 0.05) is 30.9 Å². The molecule has 1 saturated heterocycles. The number of piperazine rings is 1. The Labute approximate surface area is 193 Å². The summed E-state index contributed by atoms with van der Waals surface area (Å²) < 4.78 is 27.1. The lowest BCUT2D eigenvalue weighted by atomic mass is 10.0. The molecule has 0 aromatic heterocycles. The van der Waals surface area contributed by atoms with Crippen molar-refractivity contribution in [2.75, 3.05) is 24.5 Å². The lowest BCUT2D eigenvalue weighted by Gasteiger charge is -2.28. The summed E-state index contributed by atoms with van der Waals surface area (Å²) in [7, 11) is -3.67. The molecule has 9 nitrogen and oxygen atoms in total. The molecule has 174 valence electrons. The summed E-state index contributed by atoms with van der Waals surface area (Å²) in [5.41, 5.74) is 2.34. The Kier molecular flexibility index (Phi) is 6.37. The molecule has 2 aliphatic rings. The highest BCUT2D eigenvalue weighted by atomic mass is 32.2. The minimum absolute atomic E-state index is 0.00566. The Morgan fingerprint density at radius 2 is 1.88 bits per heavy atom. The molecule has 2 amide bonds. The van der Waals surface area contributed by atoms with Gasteiger partial charge in [-0.3, -0.25) is 19.3 Å². The molecule has 10 heteroatoms. The first kappa shape index (κ1) is 22.8. The molecule has 1 fully saturated rings. The summed E-state index contributed by atoms with van der Waals surface area (Å²) in [6.45, 7) is 5.76. The van der Waals surface area contributed by atoms with E-state index in [1.807, 2.05) is 43.0 Å². The lowest BCUT2D eigenvalue weighted by molar-refractivity contribution is -0.123. The van der Waals surface area contributed by atoms with Crippen LogP contribution < -0.4 is 20.3 Å². The van der Waals surface area contributed by atoms with E-state index in [1.165, 1.54) is 6.07 Å². The zero-order chi connectivity index (χ0) is 23.6. The van der Waals surface area contributed by atoms with Gasteiger partial charge in [-0.15, -0.1) is 0 Å². The summed E-state index contributed by atoms with van der Waals surface area (Å²) in [6.07, 6.45) is 0. The number of hydrogen-bond acceptors (Lipinski definition) is 6. The van der Waals surface area contributed by atoms with Gasteiger partial charge < -0.3 is 15.5 Å². The highest BCUT2D eigenvalue weighted by Gasteiger charge is 2.32. The maximum atomic E-state index is 12.9. The third-order valence-electron chi connectivity index (χ3n) is 5.64. The van der Waals surface area contributed by atoms with Crippen LogP contribution in [0.3, 0.4) is 0 Å². The van der Waals surface area contributed by atoms with Crippen LogP contribution in [0.2, 0.25) is 0 Å². The van der Waals surface area contributed by atoms with Crippen molar-refractivity contribution in [1.29, 1.82) is 0 Å². The molecule has 0 aliphatic carbocycles. The number of hydrogen-bond donors (Lipinski definition) is 3. The minimum atomic E-state index is -3.67. The van der Waals surface area contributed by atoms with Crippen molar-refractivity contribution in [3.63, 3.8) is 0 Å². The molecular weight excluding hydrogens is 442 g/mol. The number of benzene rings is 2. The van der Waals surface area contributed by atoms with Gasteiger partial charge in [0.2, 0.25) is 11.8 Å². The van der Waals surface area contributed by atoms with Crippen molar-refractivity contribution in [1.82, 2.24) is 15.4 Å². The monoisotopic (exact) mass is 469 g/mol. The molecule has 0 unspecified atom stereocenters. The van der Waals surface area contributed by atoms with Crippen molar-refractivity contribution >= 4 is 33.4 Å². The lowest BCUT2D eigenvalue weighted by Crippen LogP contribution is -2.47. The van der Waals surface area contributed by atoms with E-state index in [0.717, 1.165) is 17.8 Å². The van der Waals surface area contributed by atoms with Crippen LogP contribution in [0.15, 0.2) is 58.4 Å². The van der Waals surface area contributed by atoms with Crippen molar-refractivity contribution < 1.29 is 18.0 Å². The van der Waals surface area contributed by atoms with Crippen LogP contribution in [-0.4, -0.2) is 51.7 Å². The normalized spacial score (nSPS) is 19.1. The van der Waals surface area contributed by atoms with Gasteiger partial charge in [-0.2, -0.15) is 0 Å². The van der Waals surface area contributed by atoms with E-state index in [1.54, 1.807) is 18.2 Å². The van der Waals surface area contributed by atoms with Gasteiger partial charge in [0.05, 0.1) is 11.4 Å². The first-order chi connectivity index (χ1) is 15.7. The fourth-order valence-electron chi connectivity index (χ4n) is 3.86. The molecule has 2 aliphatic heterocycles. The molecule has 0 radical (unpaired) electrons. The van der Waals surface area contributed by atoms with Crippen LogP contribution in [0.5, 0.6) is 0 Å². The number of carbonyl (C=O) groups excluding carboxylic acids is 2. The van der Waals surface area contributed by atoms with Gasteiger partial charge in [-0.25, -0.2) is 8.42 Å². The van der Waals surface area contributed by atoms with Gasteiger partial charge >= 0.3 is 0 Å². The zero-order valence-corrected chi connectivity index (χ0v) is 19.4. The van der Waals surface area contributed by atoms with E-state index in [4.69, 9.17) is 0 Å². The predicted octanol–water partition coefficient (Wildman–Crippen LogP) is 1.00. The van der Waals surface area contributed by atoms with Crippen LogP contribution in [-0.2, 0) is 26.2 Å². The highest BCUT2D eigenvalue weighted by Crippen LogP contribution is 2.23. The van der Waals surface area contributed by atoms with Crippen LogP contribution in [0.4, 0.5) is 5.69 Å². The topological polar surface area (TPSA) is 120 Å². The third-order valence-corrected chi connectivity index (χ3v) is 7.03. The number of rotatable bonds is 6. The Bertz CT molecular complexity index is 1190. The van der Waals surface area contributed by atoms with Crippen molar-refractivity contribution in [2.24, 2.45) is 10.9 Å². The van der Waals surface area contributed by atoms with Gasteiger partial charge in [-0.1, -0.05) is 38.1 Å². The van der Waals surface area contributed by atoms with Crippen LogP contribution in [0.25, 0.3) is 0 Å². The molecule has 3 N–H and O–H groups in total. The Hall–Kier alpha value is -3.40. The van der Waals surface area contributed by atoms with E-state index in [9.17, 15) is 18.0 Å². The second-order valence-corrected chi connectivity index (χ2v) is 10.1. The predicted molar refractivity (Wildman–Crippen MR) is 125 cm³/mol. The van der Waals surface area contributed by atoms with Gasteiger partial charge in [0.15, 0.2) is 0 Å². The number of nitrogens with one attached hydrogen (secondary N) is 3. The average molecular weight is 470 g/mol. The fourth-order valence-corrected chi connectivity index (χ4v) is 5.10. The van der Waals surface area contributed by atoms with Crippen LogP contribution >= 0.6 is 0 Å². The summed E-state index contributed by atoms with van der Waals surface area (Å²) in [5.74, 6) is -0.222. The Morgan fingerprint density at radius 1 is 1.15 bits per heavy atom. The van der Waals surface area contributed by atoms with Crippen molar-refractivity contribution in [3.8, 4) is 0 Å². The Balaban J connectivity index is 1.44. The number of nitrogens with zero attached hydrogens (tertiary/aromatic N) is 2. The number of sulfonamides is 1. The number of anilines is 1. The smallest absolute Gasteiger partial charge is 0.263 e. The summed E-state index contributed by atoms with van der Waals surface area (Å²) in [4.78, 5) is 31.2. The molecule has 2 heterocycles. The van der Waals surface area contributed by atoms with E-state index in [-0.39, 0.29) is 28.5 Å². The summed E-state index contributed by atoms with van der Waals surface area (Å²) in [5, 5.41) is 5.71. The van der Waals surface area contributed by atoms with Gasteiger partial charge in [-0.05, 0) is 35.7 Å². The van der Waals surface area contributed by atoms with Gasteiger partial charge in [0.1, 0.15) is 11.9 Å². The molecule has 4 rings (SSSR count). The zero-order valence-electron chi connectivity index (χ0n) is 18.5. The molecule has 2 aromatic carbocycles. The fraction of sp³-hybridized carbons (Fsp3) is 0.348. The second-order valence-electron chi connectivity index (χ2n) is 8.42. The van der Waals surface area contributed by atoms with E-state index in [0.29, 0.717) is 25.2 Å². The molecular formula is C23H27N5O4S. The SMILES string of the molecule is CC(C)[C@H](N=C1NS(=O)(=O)c2ccccc21)C(=O)NCc1ccc(N2CCNC(=O)C2)cc1. The van der Waals surface area contributed by atoms with E-state index >= 15 is 0 Å². The maximum absolute atomic E-state index is 12.9.